The van der Waals surface area contributed by atoms with Gasteiger partial charge in [-0.15, -0.1) is 0 Å². The van der Waals surface area contributed by atoms with Crippen LogP contribution >= 0.6 is 0 Å². The minimum absolute atomic E-state index is 0.0921. The number of benzene rings is 2. The molecule has 0 heterocycles. The fourth-order valence-electron chi connectivity index (χ4n) is 4.52. The van der Waals surface area contributed by atoms with E-state index in [1.165, 1.54) is 0 Å². The predicted octanol–water partition coefficient (Wildman–Crippen LogP) is 6.92. The summed E-state index contributed by atoms with van der Waals surface area (Å²) in [5, 5.41) is 11.6. The highest BCUT2D eigenvalue weighted by Gasteiger charge is 2.32. The maximum atomic E-state index is 13.5. The third kappa shape index (κ3) is 7.49. The number of halogens is 3. The zero-order chi connectivity index (χ0) is 24.9. The van der Waals surface area contributed by atoms with Gasteiger partial charge in [0.25, 0.3) is 0 Å². The van der Waals surface area contributed by atoms with Crippen LogP contribution in [0.3, 0.4) is 0 Å². The zero-order valence-electron chi connectivity index (χ0n) is 20.0. The Kier molecular flexibility index (Phi) is 8.29. The number of hydrogen-bond acceptors (Lipinski definition) is 3. The van der Waals surface area contributed by atoms with Gasteiger partial charge in [0.2, 0.25) is 0 Å². The lowest BCUT2D eigenvalue weighted by Gasteiger charge is -2.36. The molecule has 2 aromatic carbocycles. The smallest absolute Gasteiger partial charge is 0.416 e. The Bertz CT molecular complexity index is 957. The zero-order valence-corrected chi connectivity index (χ0v) is 20.0. The topological polar surface area (TPSA) is 58.6 Å². The summed E-state index contributed by atoms with van der Waals surface area (Å²) >= 11 is 0. The fourth-order valence-corrected chi connectivity index (χ4v) is 4.52. The van der Waals surface area contributed by atoms with Crippen LogP contribution in [-0.4, -0.2) is 23.7 Å². The summed E-state index contributed by atoms with van der Waals surface area (Å²) in [6.45, 7) is 7.18. The molecule has 0 aromatic heterocycles. The van der Waals surface area contributed by atoms with Crippen LogP contribution < -0.4 is 10.1 Å². The standard InChI is InChI=1S/C27H34F3NO3/c1-26(2,3)21-6-10-24(11-7-21)34-23-8-4-19(5-9-23)20-14-18(17-31-13-12-25(32)33)15-22(16-20)27(28,29)30/h4-5,8-9,14-16,21,24,31H,6-7,10-13,17H2,1-3H3,(H,32,33)/t21-,24-. The van der Waals surface area contributed by atoms with Crippen molar-refractivity contribution in [3.05, 3.63) is 53.6 Å². The van der Waals surface area contributed by atoms with E-state index in [2.05, 4.69) is 26.1 Å². The lowest BCUT2D eigenvalue weighted by atomic mass is 9.72. The van der Waals surface area contributed by atoms with Gasteiger partial charge in [0.1, 0.15) is 5.75 Å². The molecule has 0 radical (unpaired) electrons. The van der Waals surface area contributed by atoms with Crippen molar-refractivity contribution in [3.8, 4) is 16.9 Å². The summed E-state index contributed by atoms with van der Waals surface area (Å²) < 4.78 is 46.6. The van der Waals surface area contributed by atoms with E-state index in [0.29, 0.717) is 28.0 Å². The summed E-state index contributed by atoms with van der Waals surface area (Å²) in [6, 6.07) is 11.1. The third-order valence-corrected chi connectivity index (χ3v) is 6.55. The lowest BCUT2D eigenvalue weighted by Crippen LogP contribution is -2.30. The number of carboxylic acids is 1. The average molecular weight is 478 g/mol. The molecular formula is C27H34F3NO3. The van der Waals surface area contributed by atoms with Crippen molar-refractivity contribution in [2.75, 3.05) is 6.54 Å². The van der Waals surface area contributed by atoms with E-state index in [4.69, 9.17) is 9.84 Å². The highest BCUT2D eigenvalue weighted by molar-refractivity contribution is 5.67. The second-order valence-corrected chi connectivity index (χ2v) is 10.2. The van der Waals surface area contributed by atoms with Crippen molar-refractivity contribution in [1.29, 1.82) is 0 Å². The molecule has 0 saturated heterocycles. The summed E-state index contributed by atoms with van der Waals surface area (Å²) in [4.78, 5) is 10.6. The maximum Gasteiger partial charge on any atom is 0.416 e. The Labute approximate surface area is 199 Å². The minimum atomic E-state index is -4.47. The van der Waals surface area contributed by atoms with E-state index in [-0.39, 0.29) is 25.6 Å². The number of nitrogens with one attached hydrogen (secondary N) is 1. The van der Waals surface area contributed by atoms with E-state index in [1.54, 1.807) is 18.2 Å². The number of carbonyl (C=O) groups is 1. The summed E-state index contributed by atoms with van der Waals surface area (Å²) in [5.41, 5.74) is 1.16. The molecule has 2 aromatic rings. The molecule has 0 spiro atoms. The predicted molar refractivity (Wildman–Crippen MR) is 127 cm³/mol. The summed E-state index contributed by atoms with van der Waals surface area (Å²) in [5.74, 6) is 0.468. The van der Waals surface area contributed by atoms with Crippen LogP contribution in [0.15, 0.2) is 42.5 Å². The van der Waals surface area contributed by atoms with Gasteiger partial charge in [0.05, 0.1) is 18.1 Å². The van der Waals surface area contributed by atoms with Gasteiger partial charge in [-0.25, -0.2) is 0 Å². The molecule has 4 nitrogen and oxygen atoms in total. The molecule has 2 N–H and O–H groups in total. The molecule has 0 bridgehead atoms. The van der Waals surface area contributed by atoms with Gasteiger partial charge in [0.15, 0.2) is 0 Å². The third-order valence-electron chi connectivity index (χ3n) is 6.55. The molecule has 1 saturated carbocycles. The van der Waals surface area contributed by atoms with Crippen LogP contribution in [0.1, 0.15) is 64.0 Å². The molecular weight excluding hydrogens is 443 g/mol. The van der Waals surface area contributed by atoms with Crippen molar-refractivity contribution in [2.45, 2.75) is 71.7 Å². The Hall–Kier alpha value is -2.54. The molecule has 0 atom stereocenters. The van der Waals surface area contributed by atoms with Gasteiger partial charge in [-0.3, -0.25) is 4.79 Å². The molecule has 1 fully saturated rings. The van der Waals surface area contributed by atoms with E-state index < -0.39 is 17.7 Å². The first-order valence-electron chi connectivity index (χ1n) is 11.8. The number of ether oxygens (including phenoxy) is 1. The van der Waals surface area contributed by atoms with Gasteiger partial charge in [-0.1, -0.05) is 32.9 Å². The van der Waals surface area contributed by atoms with Gasteiger partial charge in [-0.2, -0.15) is 13.2 Å². The van der Waals surface area contributed by atoms with Crippen molar-refractivity contribution in [1.82, 2.24) is 5.32 Å². The second kappa shape index (κ2) is 10.8. The number of alkyl halides is 3. The van der Waals surface area contributed by atoms with Gasteiger partial charge >= 0.3 is 12.1 Å². The molecule has 7 heteroatoms. The van der Waals surface area contributed by atoms with Crippen LogP contribution in [0.4, 0.5) is 13.2 Å². The first kappa shape index (κ1) is 26.1. The van der Waals surface area contributed by atoms with E-state index in [9.17, 15) is 18.0 Å². The largest absolute Gasteiger partial charge is 0.490 e. The highest BCUT2D eigenvalue weighted by atomic mass is 19.4. The monoisotopic (exact) mass is 477 g/mol. The molecule has 3 rings (SSSR count). The molecule has 1 aliphatic carbocycles. The molecule has 0 unspecified atom stereocenters. The van der Waals surface area contributed by atoms with Gasteiger partial charge in [0, 0.05) is 13.1 Å². The van der Waals surface area contributed by atoms with Gasteiger partial charge < -0.3 is 15.2 Å². The number of carboxylic acid groups (broad SMARTS) is 1. The Morgan fingerprint density at radius 2 is 1.65 bits per heavy atom. The molecule has 0 amide bonds. The number of hydrogen-bond donors (Lipinski definition) is 2. The maximum absolute atomic E-state index is 13.5. The van der Waals surface area contributed by atoms with Crippen LogP contribution in [-0.2, 0) is 17.5 Å². The first-order chi connectivity index (χ1) is 15.9. The van der Waals surface area contributed by atoms with Crippen LogP contribution in [0.2, 0.25) is 0 Å². The van der Waals surface area contributed by atoms with Crippen molar-refractivity contribution < 1.29 is 27.8 Å². The average Bonchev–Trinajstić information content (AvgIpc) is 2.76. The highest BCUT2D eigenvalue weighted by Crippen LogP contribution is 2.39. The van der Waals surface area contributed by atoms with Crippen molar-refractivity contribution in [3.63, 3.8) is 0 Å². The van der Waals surface area contributed by atoms with Crippen molar-refractivity contribution in [2.24, 2.45) is 11.3 Å². The SMILES string of the molecule is CC(C)(C)[C@H]1CC[C@H](Oc2ccc(-c3cc(CNCCC(=O)O)cc(C(F)(F)F)c3)cc2)CC1. The van der Waals surface area contributed by atoms with E-state index in [1.807, 2.05) is 12.1 Å². The van der Waals surface area contributed by atoms with E-state index in [0.717, 1.165) is 43.6 Å². The van der Waals surface area contributed by atoms with Crippen LogP contribution in [0.5, 0.6) is 5.75 Å². The Morgan fingerprint density at radius 3 is 2.21 bits per heavy atom. The van der Waals surface area contributed by atoms with Gasteiger partial charge in [-0.05, 0) is 84.0 Å². The second-order valence-electron chi connectivity index (χ2n) is 10.2. The summed E-state index contributed by atoms with van der Waals surface area (Å²) in [7, 11) is 0. The molecule has 1 aliphatic rings. The first-order valence-corrected chi connectivity index (χ1v) is 11.8. The van der Waals surface area contributed by atoms with Crippen LogP contribution in [0, 0.1) is 11.3 Å². The number of aliphatic carboxylic acids is 1. The van der Waals surface area contributed by atoms with Crippen LogP contribution in [0.25, 0.3) is 11.1 Å². The number of rotatable bonds is 8. The fraction of sp³-hybridized carbons (Fsp3) is 0.519. The normalized spacial score (nSPS) is 19.1. The lowest BCUT2D eigenvalue weighted by molar-refractivity contribution is -0.138. The minimum Gasteiger partial charge on any atom is -0.490 e. The molecule has 186 valence electrons. The van der Waals surface area contributed by atoms with E-state index >= 15 is 0 Å². The molecule has 34 heavy (non-hydrogen) atoms. The Morgan fingerprint density at radius 1 is 1.00 bits per heavy atom. The quantitative estimate of drug-likeness (QED) is 0.405. The molecule has 0 aliphatic heterocycles. The summed E-state index contributed by atoms with van der Waals surface area (Å²) in [6.07, 6.45) is -0.0993. The Balaban J connectivity index is 1.69. The van der Waals surface area contributed by atoms with Crippen molar-refractivity contribution >= 4 is 5.97 Å².